The van der Waals surface area contributed by atoms with Crippen LogP contribution in [-0.2, 0) is 10.8 Å². The molecule has 0 saturated carbocycles. The number of carbonyl (C=O) groups is 1. The number of amides is 1. The molecule has 5 rings (SSSR count). The number of rotatable bonds is 6. The number of piperidine rings is 1. The zero-order valence-electron chi connectivity index (χ0n) is 20.0. The lowest BCUT2D eigenvalue weighted by Crippen LogP contribution is -2.39. The number of aromatic nitrogens is 2. The third-order valence-corrected chi connectivity index (χ3v) is 8.09. The van der Waals surface area contributed by atoms with Crippen molar-refractivity contribution in [2.45, 2.75) is 33.8 Å². The summed E-state index contributed by atoms with van der Waals surface area (Å²) in [6, 6.07) is 20.2. The van der Waals surface area contributed by atoms with Crippen molar-refractivity contribution in [3.63, 3.8) is 0 Å². The highest BCUT2D eigenvalue weighted by Gasteiger charge is 2.29. The zero-order valence-corrected chi connectivity index (χ0v) is 22.4. The number of pyridine rings is 1. The summed E-state index contributed by atoms with van der Waals surface area (Å²) in [6.07, 6.45) is 4.31. The largest absolute Gasteiger partial charge is 0.433 e. The molecule has 0 bridgehead atoms. The van der Waals surface area contributed by atoms with Crippen LogP contribution in [-0.4, -0.2) is 44.5 Å². The van der Waals surface area contributed by atoms with Crippen LogP contribution in [0.5, 0.6) is 5.75 Å². The molecule has 4 aromatic rings. The summed E-state index contributed by atoms with van der Waals surface area (Å²) in [5.41, 5.74) is 1.57. The summed E-state index contributed by atoms with van der Waals surface area (Å²) in [7, 11) is -1.07. The monoisotopic (exact) mass is 553 g/mol. The Morgan fingerprint density at radius 3 is 2.46 bits per heavy atom. The molecule has 7 nitrogen and oxygen atoms in total. The molecule has 2 aromatic carbocycles. The molecule has 0 spiro atoms. The lowest BCUT2D eigenvalue weighted by Gasteiger charge is -2.29. The van der Waals surface area contributed by atoms with Crippen LogP contribution in [0, 0.1) is 0 Å². The van der Waals surface area contributed by atoms with E-state index in [4.69, 9.17) is 25.7 Å². The van der Waals surface area contributed by atoms with Crippen molar-refractivity contribution in [3.8, 4) is 17.0 Å². The van der Waals surface area contributed by atoms with E-state index in [9.17, 15) is 9.00 Å². The average Bonchev–Trinajstić information content (AvgIpc) is 3.34. The van der Waals surface area contributed by atoms with Gasteiger partial charge in [-0.05, 0) is 61.0 Å². The number of para-hydroxylation sites is 1. The molecule has 0 aliphatic carbocycles. The molecule has 190 valence electrons. The molecule has 1 saturated heterocycles. The molecule has 0 radical (unpaired) electrons. The third kappa shape index (κ3) is 6.23. The first-order valence-electron chi connectivity index (χ1n) is 11.7. The molecule has 2 aromatic heterocycles. The van der Waals surface area contributed by atoms with E-state index in [1.807, 2.05) is 48.5 Å². The van der Waals surface area contributed by atoms with Gasteiger partial charge in [0.1, 0.15) is 16.5 Å². The maximum Gasteiger partial charge on any atom is 0.415 e. The Balaban J connectivity index is 1.34. The van der Waals surface area contributed by atoms with Crippen LogP contribution >= 0.6 is 23.4 Å². The van der Waals surface area contributed by atoms with Gasteiger partial charge in [0.2, 0.25) is 0 Å². The van der Waals surface area contributed by atoms with Gasteiger partial charge in [-0.2, -0.15) is 0 Å². The van der Waals surface area contributed by atoms with E-state index in [1.54, 1.807) is 35.6 Å². The van der Waals surface area contributed by atoms with Gasteiger partial charge in [0.05, 0.1) is 5.02 Å². The Hall–Kier alpha value is -3.14. The summed E-state index contributed by atoms with van der Waals surface area (Å²) in [4.78, 5) is 24.3. The Morgan fingerprint density at radius 1 is 1.08 bits per heavy atom. The van der Waals surface area contributed by atoms with Crippen molar-refractivity contribution in [1.29, 1.82) is 0 Å². The molecule has 1 amide bonds. The summed E-state index contributed by atoms with van der Waals surface area (Å²) in [6.45, 7) is 1.10. The average molecular weight is 554 g/mol. The highest BCUT2D eigenvalue weighted by atomic mass is 35.5. The topological polar surface area (TPSA) is 85.5 Å². The smallest absolute Gasteiger partial charge is 0.415 e. The Morgan fingerprint density at radius 2 is 1.81 bits per heavy atom. The summed E-state index contributed by atoms with van der Waals surface area (Å²) >= 11 is 7.37. The van der Waals surface area contributed by atoms with Crippen molar-refractivity contribution in [3.05, 3.63) is 83.8 Å². The van der Waals surface area contributed by atoms with Crippen LogP contribution in [0.25, 0.3) is 11.3 Å². The van der Waals surface area contributed by atoms with Gasteiger partial charge in [-0.3, -0.25) is 4.21 Å². The zero-order chi connectivity index (χ0) is 25.8. The first-order chi connectivity index (χ1) is 18.0. The fourth-order valence-corrected chi connectivity index (χ4v) is 5.48. The van der Waals surface area contributed by atoms with E-state index in [0.717, 1.165) is 15.5 Å². The molecule has 3 heterocycles. The van der Waals surface area contributed by atoms with Gasteiger partial charge < -0.3 is 14.1 Å². The van der Waals surface area contributed by atoms with Crippen LogP contribution in [0.3, 0.4) is 0 Å². The molecule has 0 N–H and O–H groups in total. The highest BCUT2D eigenvalue weighted by molar-refractivity contribution is 7.99. The van der Waals surface area contributed by atoms with Crippen LogP contribution in [0.15, 0.2) is 92.4 Å². The maximum absolute atomic E-state index is 12.6. The molecule has 1 aliphatic heterocycles. The second-order valence-corrected chi connectivity index (χ2v) is 11.3. The number of benzene rings is 2. The predicted molar refractivity (Wildman–Crippen MR) is 144 cm³/mol. The van der Waals surface area contributed by atoms with Crippen LogP contribution in [0.2, 0.25) is 5.02 Å². The normalized spacial score (nSPS) is 14.9. The number of oxazole rings is 1. The molecular formula is C27H24ClN3O4S2. The van der Waals surface area contributed by atoms with E-state index < -0.39 is 10.8 Å². The molecule has 37 heavy (non-hydrogen) atoms. The standard InChI is InChI=1S/C27H24ClN3O4S2/c1-37(33)22-10-7-18(8-11-22)24-26(36-23-12-9-20(28)17-29-23)35-25(30-24)19-13-15-31(16-14-19)27(32)34-21-5-3-2-4-6-21/h2-12,17,19H,13-16H2,1H3. The number of hydrogen-bond donors (Lipinski definition) is 0. The molecular weight excluding hydrogens is 530 g/mol. The van der Waals surface area contributed by atoms with Crippen molar-refractivity contribution in [2.24, 2.45) is 0 Å². The minimum Gasteiger partial charge on any atom is -0.433 e. The molecule has 1 aliphatic rings. The van der Waals surface area contributed by atoms with E-state index in [1.165, 1.54) is 11.8 Å². The predicted octanol–water partition coefficient (Wildman–Crippen LogP) is 6.66. The minimum atomic E-state index is -1.07. The number of carbonyl (C=O) groups excluding carboxylic acids is 1. The Kier molecular flexibility index (Phi) is 7.93. The Labute approximate surface area is 226 Å². The summed E-state index contributed by atoms with van der Waals surface area (Å²) in [5, 5.41) is 1.92. The number of halogens is 1. The lowest BCUT2D eigenvalue weighted by atomic mass is 9.97. The van der Waals surface area contributed by atoms with Crippen molar-refractivity contribution >= 4 is 40.3 Å². The number of likely N-dealkylation sites (tertiary alicyclic amines) is 1. The van der Waals surface area contributed by atoms with E-state index in [-0.39, 0.29) is 12.0 Å². The number of ether oxygens (including phenoxy) is 1. The first kappa shape index (κ1) is 25.5. The van der Waals surface area contributed by atoms with Gasteiger partial charge in [-0.1, -0.05) is 41.9 Å². The highest BCUT2D eigenvalue weighted by Crippen LogP contribution is 2.39. The quantitative estimate of drug-likeness (QED) is 0.264. The van der Waals surface area contributed by atoms with Crippen molar-refractivity contribution < 1.29 is 18.2 Å². The van der Waals surface area contributed by atoms with Gasteiger partial charge in [0.25, 0.3) is 0 Å². The van der Waals surface area contributed by atoms with Gasteiger partial charge >= 0.3 is 6.09 Å². The van der Waals surface area contributed by atoms with Gasteiger partial charge in [0, 0.05) is 52.7 Å². The second kappa shape index (κ2) is 11.5. The minimum absolute atomic E-state index is 0.0643. The molecule has 10 heteroatoms. The second-order valence-electron chi connectivity index (χ2n) is 8.53. The summed E-state index contributed by atoms with van der Waals surface area (Å²) < 4.78 is 23.6. The van der Waals surface area contributed by atoms with Crippen LogP contribution < -0.4 is 4.74 Å². The molecule has 1 fully saturated rings. The van der Waals surface area contributed by atoms with Crippen LogP contribution in [0.1, 0.15) is 24.7 Å². The van der Waals surface area contributed by atoms with E-state index in [2.05, 4.69) is 4.98 Å². The van der Waals surface area contributed by atoms with E-state index >= 15 is 0 Å². The lowest BCUT2D eigenvalue weighted by molar-refractivity contribution is 0.135. The first-order valence-corrected chi connectivity index (χ1v) is 14.5. The maximum atomic E-state index is 12.6. The SMILES string of the molecule is CS(=O)c1ccc(-c2nc(C3CCN(C(=O)Oc4ccccc4)CC3)oc2Sc2ccc(Cl)cn2)cc1. The molecule has 1 atom stereocenters. The van der Waals surface area contributed by atoms with E-state index in [0.29, 0.717) is 53.4 Å². The number of nitrogens with zero attached hydrogens (tertiary/aromatic N) is 3. The van der Waals surface area contributed by atoms with Gasteiger partial charge in [-0.25, -0.2) is 14.8 Å². The Bertz CT molecular complexity index is 1390. The van der Waals surface area contributed by atoms with Crippen LogP contribution in [0.4, 0.5) is 4.79 Å². The van der Waals surface area contributed by atoms with Crippen molar-refractivity contribution in [2.75, 3.05) is 19.3 Å². The van der Waals surface area contributed by atoms with Crippen molar-refractivity contribution in [1.82, 2.24) is 14.9 Å². The fourth-order valence-electron chi connectivity index (χ4n) is 4.03. The van der Waals surface area contributed by atoms with Gasteiger partial charge in [-0.15, -0.1) is 0 Å². The third-order valence-electron chi connectivity index (χ3n) is 6.02. The molecule has 1 unspecified atom stereocenters. The number of hydrogen-bond acceptors (Lipinski definition) is 7. The summed E-state index contributed by atoms with van der Waals surface area (Å²) in [5.74, 6) is 1.22. The van der Waals surface area contributed by atoms with Gasteiger partial charge in [0.15, 0.2) is 11.0 Å². The fraction of sp³-hybridized carbons (Fsp3) is 0.222.